The Bertz CT molecular complexity index is 770. The summed E-state index contributed by atoms with van der Waals surface area (Å²) in [6.07, 6.45) is 11.7. The van der Waals surface area contributed by atoms with E-state index in [0.29, 0.717) is 5.92 Å². The summed E-state index contributed by atoms with van der Waals surface area (Å²) < 4.78 is 5.99. The summed E-state index contributed by atoms with van der Waals surface area (Å²) in [5.41, 5.74) is 4.34. The van der Waals surface area contributed by atoms with Crippen LogP contribution in [0.1, 0.15) is 30.1 Å². The second-order valence-corrected chi connectivity index (χ2v) is 6.37. The molecule has 25 heavy (non-hydrogen) atoms. The van der Waals surface area contributed by atoms with Crippen LogP contribution in [0.15, 0.2) is 43.1 Å². The molecule has 1 aliphatic heterocycles. The van der Waals surface area contributed by atoms with Gasteiger partial charge in [-0.25, -0.2) is 0 Å². The summed E-state index contributed by atoms with van der Waals surface area (Å²) in [4.78, 5) is 4.18. The molecule has 130 valence electrons. The first-order chi connectivity index (χ1) is 12.4. The molecule has 4 rings (SSSR count). The van der Waals surface area contributed by atoms with Crippen molar-refractivity contribution in [1.29, 1.82) is 0 Å². The molecule has 0 aliphatic carbocycles. The molecule has 0 saturated carbocycles. The highest BCUT2D eigenvalue weighted by atomic mass is 16.5. The van der Waals surface area contributed by atoms with E-state index in [9.17, 15) is 0 Å². The van der Waals surface area contributed by atoms with E-state index < -0.39 is 0 Å². The molecule has 0 unspecified atom stereocenters. The van der Waals surface area contributed by atoms with E-state index in [4.69, 9.17) is 4.74 Å². The minimum Gasteiger partial charge on any atom is -0.373 e. The van der Waals surface area contributed by atoms with E-state index in [2.05, 4.69) is 30.7 Å². The Kier molecular flexibility index (Phi) is 4.85. The van der Waals surface area contributed by atoms with Gasteiger partial charge in [0.2, 0.25) is 0 Å². The Hall–Kier alpha value is -2.51. The van der Waals surface area contributed by atoms with Gasteiger partial charge in [0.25, 0.3) is 0 Å². The van der Waals surface area contributed by atoms with Gasteiger partial charge in [-0.2, -0.15) is 10.2 Å². The third kappa shape index (κ3) is 3.62. The van der Waals surface area contributed by atoms with E-state index in [1.165, 1.54) is 0 Å². The van der Waals surface area contributed by atoms with Crippen LogP contribution >= 0.6 is 0 Å². The number of nitrogens with zero attached hydrogens (tertiary/aromatic N) is 3. The minimum absolute atomic E-state index is 0.113. The number of pyridine rings is 1. The number of aromatic amines is 2. The highest BCUT2D eigenvalue weighted by Gasteiger charge is 2.27. The number of nitrogens with one attached hydrogen (secondary N) is 3. The van der Waals surface area contributed by atoms with Crippen LogP contribution in [-0.2, 0) is 11.3 Å². The van der Waals surface area contributed by atoms with Gasteiger partial charge in [-0.1, -0.05) is 0 Å². The van der Waals surface area contributed by atoms with E-state index in [1.54, 1.807) is 6.20 Å². The minimum atomic E-state index is 0.113. The van der Waals surface area contributed by atoms with E-state index in [1.807, 2.05) is 36.9 Å². The van der Waals surface area contributed by atoms with Gasteiger partial charge in [-0.15, -0.1) is 0 Å². The summed E-state index contributed by atoms with van der Waals surface area (Å²) in [5, 5.41) is 17.8. The Morgan fingerprint density at radius 3 is 3.08 bits per heavy atom. The van der Waals surface area contributed by atoms with Gasteiger partial charge in [-0.3, -0.25) is 15.2 Å². The molecule has 4 heterocycles. The summed E-state index contributed by atoms with van der Waals surface area (Å²) in [6, 6.07) is 3.97. The van der Waals surface area contributed by atoms with Crippen molar-refractivity contribution < 1.29 is 4.74 Å². The third-order valence-electron chi connectivity index (χ3n) is 4.68. The predicted octanol–water partition coefficient (Wildman–Crippen LogP) is 2.45. The van der Waals surface area contributed by atoms with Gasteiger partial charge in [0.15, 0.2) is 0 Å². The zero-order valence-corrected chi connectivity index (χ0v) is 14.0. The number of hydrogen-bond acceptors (Lipinski definition) is 5. The molecule has 0 bridgehead atoms. The van der Waals surface area contributed by atoms with Crippen molar-refractivity contribution in [2.24, 2.45) is 5.92 Å². The number of H-pyrrole nitrogens is 2. The van der Waals surface area contributed by atoms with E-state index >= 15 is 0 Å². The highest BCUT2D eigenvalue weighted by molar-refractivity contribution is 5.61. The van der Waals surface area contributed by atoms with Crippen LogP contribution in [0.2, 0.25) is 0 Å². The lowest BCUT2D eigenvalue weighted by Crippen LogP contribution is -2.31. The fourth-order valence-corrected chi connectivity index (χ4v) is 3.44. The monoisotopic (exact) mass is 338 g/mol. The number of hydrogen-bond donors (Lipinski definition) is 3. The van der Waals surface area contributed by atoms with Gasteiger partial charge in [0.1, 0.15) is 0 Å². The Labute approximate surface area is 146 Å². The van der Waals surface area contributed by atoms with Gasteiger partial charge < -0.3 is 10.1 Å². The molecule has 2 atom stereocenters. The molecule has 3 N–H and O–H groups in total. The largest absolute Gasteiger partial charge is 0.373 e. The first-order valence-electron chi connectivity index (χ1n) is 8.65. The lowest BCUT2D eigenvalue weighted by Gasteiger charge is -2.31. The number of aromatic nitrogens is 5. The smallest absolute Gasteiger partial charge is 0.0895 e. The zero-order chi connectivity index (χ0) is 16.9. The average molecular weight is 338 g/mol. The molecule has 3 aromatic heterocycles. The fraction of sp³-hybridized carbons (Fsp3) is 0.389. The van der Waals surface area contributed by atoms with Crippen LogP contribution in [-0.4, -0.2) is 38.5 Å². The summed E-state index contributed by atoms with van der Waals surface area (Å²) in [5.74, 6) is 0.445. The molecule has 7 nitrogen and oxygen atoms in total. The highest BCUT2D eigenvalue weighted by Crippen LogP contribution is 2.32. The van der Waals surface area contributed by atoms with Crippen molar-refractivity contribution >= 4 is 0 Å². The Balaban J connectivity index is 1.39. The maximum atomic E-state index is 5.99. The van der Waals surface area contributed by atoms with Crippen LogP contribution in [0.25, 0.3) is 11.3 Å². The summed E-state index contributed by atoms with van der Waals surface area (Å²) in [6.45, 7) is 2.47. The van der Waals surface area contributed by atoms with Crippen molar-refractivity contribution in [1.82, 2.24) is 30.7 Å². The number of rotatable bonds is 6. The van der Waals surface area contributed by atoms with Crippen molar-refractivity contribution in [2.75, 3.05) is 13.2 Å². The van der Waals surface area contributed by atoms with E-state index in [0.717, 1.165) is 54.9 Å². The lowest BCUT2D eigenvalue weighted by atomic mass is 9.91. The van der Waals surface area contributed by atoms with Crippen LogP contribution in [0.3, 0.4) is 0 Å². The lowest BCUT2D eigenvalue weighted by molar-refractivity contribution is -0.0278. The van der Waals surface area contributed by atoms with E-state index in [-0.39, 0.29) is 6.10 Å². The average Bonchev–Trinajstić information content (AvgIpc) is 3.35. The van der Waals surface area contributed by atoms with Gasteiger partial charge in [-0.05, 0) is 25.0 Å². The molecule has 3 aromatic rings. The summed E-state index contributed by atoms with van der Waals surface area (Å²) >= 11 is 0. The molecule has 0 spiro atoms. The molecule has 7 heteroatoms. The SMILES string of the molecule is c1cncc(-c2[nH]ncc2CNC[C@@H]2CCCO[C@H]2c2cn[nH]c2)c1. The van der Waals surface area contributed by atoms with Crippen LogP contribution < -0.4 is 5.32 Å². The van der Waals surface area contributed by atoms with Crippen molar-refractivity contribution in [3.8, 4) is 11.3 Å². The predicted molar refractivity (Wildman–Crippen MR) is 93.5 cm³/mol. The summed E-state index contributed by atoms with van der Waals surface area (Å²) in [7, 11) is 0. The Morgan fingerprint density at radius 1 is 1.24 bits per heavy atom. The molecule has 1 aliphatic rings. The van der Waals surface area contributed by atoms with Gasteiger partial charge in [0, 0.05) is 60.9 Å². The first-order valence-corrected chi connectivity index (χ1v) is 8.65. The standard InChI is InChI=1S/C18H22N6O/c1-3-13(7-19-5-1)17-15(10-23-24-17)9-20-8-14-4-2-6-25-18(14)16-11-21-22-12-16/h1,3,5,7,10-12,14,18,20H,2,4,6,8-9H2,(H,21,22)(H,23,24)/t14-,18+/m0/s1. The molecule has 0 aromatic carbocycles. The second-order valence-electron chi connectivity index (χ2n) is 6.37. The molecule has 1 saturated heterocycles. The zero-order valence-electron chi connectivity index (χ0n) is 14.0. The molecule has 0 amide bonds. The number of ether oxygens (including phenoxy) is 1. The molecule has 1 fully saturated rings. The third-order valence-corrected chi connectivity index (χ3v) is 4.68. The normalized spacial score (nSPS) is 20.6. The first kappa shape index (κ1) is 16.0. The maximum absolute atomic E-state index is 5.99. The topological polar surface area (TPSA) is 91.5 Å². The quantitative estimate of drug-likeness (QED) is 0.642. The van der Waals surface area contributed by atoms with Crippen LogP contribution in [0.5, 0.6) is 0 Å². The second kappa shape index (κ2) is 7.58. The van der Waals surface area contributed by atoms with Crippen molar-refractivity contribution in [3.05, 3.63) is 54.2 Å². The van der Waals surface area contributed by atoms with Gasteiger partial charge >= 0.3 is 0 Å². The van der Waals surface area contributed by atoms with Crippen LogP contribution in [0, 0.1) is 5.92 Å². The van der Waals surface area contributed by atoms with Gasteiger partial charge in [0.05, 0.1) is 24.2 Å². The molecule has 0 radical (unpaired) electrons. The maximum Gasteiger partial charge on any atom is 0.0895 e. The molecular weight excluding hydrogens is 316 g/mol. The van der Waals surface area contributed by atoms with Crippen molar-refractivity contribution in [3.63, 3.8) is 0 Å². The van der Waals surface area contributed by atoms with Crippen LogP contribution in [0.4, 0.5) is 0 Å². The molecular formula is C18H22N6O. The fourth-order valence-electron chi connectivity index (χ4n) is 3.44. The van der Waals surface area contributed by atoms with Crippen molar-refractivity contribution in [2.45, 2.75) is 25.5 Å². The Morgan fingerprint density at radius 2 is 2.24 bits per heavy atom.